The highest BCUT2D eigenvalue weighted by atomic mass is 35.5. The van der Waals surface area contributed by atoms with Gasteiger partial charge in [-0.2, -0.15) is 5.26 Å². The van der Waals surface area contributed by atoms with Crippen LogP contribution >= 0.6 is 11.6 Å². The highest BCUT2D eigenvalue weighted by molar-refractivity contribution is 6.33. The number of halogens is 1. The molecule has 0 aliphatic carbocycles. The Balaban J connectivity index is 2.10. The van der Waals surface area contributed by atoms with Gasteiger partial charge in [-0.25, -0.2) is 0 Å². The molecule has 0 aliphatic heterocycles. The van der Waals surface area contributed by atoms with Crippen molar-refractivity contribution in [2.24, 2.45) is 0 Å². The lowest BCUT2D eigenvalue weighted by molar-refractivity contribution is 0.368. The van der Waals surface area contributed by atoms with Gasteiger partial charge in [0.1, 0.15) is 11.8 Å². The Kier molecular flexibility index (Phi) is 5.08. The summed E-state index contributed by atoms with van der Waals surface area (Å²) in [5.74, 6) is 0.696. The first kappa shape index (κ1) is 15.2. The fourth-order valence-corrected chi connectivity index (χ4v) is 2.36. The molecular weight excluding hydrogens is 284 g/mol. The van der Waals surface area contributed by atoms with E-state index in [9.17, 15) is 0 Å². The molecule has 108 valence electrons. The van der Waals surface area contributed by atoms with Crippen LogP contribution in [0.1, 0.15) is 24.1 Å². The van der Waals surface area contributed by atoms with Gasteiger partial charge in [0.15, 0.2) is 6.61 Å². The number of nitriles is 1. The van der Waals surface area contributed by atoms with Crippen molar-refractivity contribution >= 4 is 17.3 Å². The topological polar surface area (TPSA) is 45.0 Å². The SMILES string of the molecule is Cc1cccc(Cl)c1NC(C)c1ccc(OCC#N)cc1. The van der Waals surface area contributed by atoms with Crippen molar-refractivity contribution in [3.05, 3.63) is 58.6 Å². The van der Waals surface area contributed by atoms with Crippen molar-refractivity contribution in [1.82, 2.24) is 0 Å². The molecule has 2 rings (SSSR count). The normalized spacial score (nSPS) is 11.5. The number of aryl methyl sites for hydroxylation is 1. The summed E-state index contributed by atoms with van der Waals surface area (Å²) >= 11 is 6.23. The van der Waals surface area contributed by atoms with Crippen molar-refractivity contribution in [1.29, 1.82) is 5.26 Å². The molecular formula is C17H17ClN2O. The van der Waals surface area contributed by atoms with Gasteiger partial charge in [-0.1, -0.05) is 35.9 Å². The highest BCUT2D eigenvalue weighted by Gasteiger charge is 2.09. The number of rotatable bonds is 5. The van der Waals surface area contributed by atoms with Crippen LogP contribution in [-0.2, 0) is 0 Å². The second-order valence-corrected chi connectivity index (χ2v) is 5.22. The molecule has 0 saturated heterocycles. The molecule has 0 saturated carbocycles. The van der Waals surface area contributed by atoms with Crippen molar-refractivity contribution in [2.75, 3.05) is 11.9 Å². The van der Waals surface area contributed by atoms with Crippen molar-refractivity contribution in [2.45, 2.75) is 19.9 Å². The molecule has 4 heteroatoms. The van der Waals surface area contributed by atoms with Crippen molar-refractivity contribution in [3.63, 3.8) is 0 Å². The first-order valence-electron chi connectivity index (χ1n) is 6.73. The quantitative estimate of drug-likeness (QED) is 0.868. The van der Waals surface area contributed by atoms with E-state index in [1.54, 1.807) is 0 Å². The van der Waals surface area contributed by atoms with Crippen LogP contribution in [0.5, 0.6) is 5.75 Å². The second kappa shape index (κ2) is 7.01. The van der Waals surface area contributed by atoms with E-state index in [1.807, 2.05) is 55.5 Å². The number of nitrogens with zero attached hydrogens (tertiary/aromatic N) is 1. The number of hydrogen-bond acceptors (Lipinski definition) is 3. The smallest absolute Gasteiger partial charge is 0.174 e. The molecule has 1 N–H and O–H groups in total. The second-order valence-electron chi connectivity index (χ2n) is 4.81. The van der Waals surface area contributed by atoms with E-state index in [4.69, 9.17) is 21.6 Å². The number of nitrogens with one attached hydrogen (secondary N) is 1. The summed E-state index contributed by atoms with van der Waals surface area (Å²) in [5.41, 5.74) is 3.19. The highest BCUT2D eigenvalue weighted by Crippen LogP contribution is 2.29. The van der Waals surface area contributed by atoms with E-state index in [2.05, 4.69) is 12.2 Å². The third kappa shape index (κ3) is 3.90. The average molecular weight is 301 g/mol. The molecule has 3 nitrogen and oxygen atoms in total. The first-order valence-corrected chi connectivity index (χ1v) is 7.11. The third-order valence-corrected chi connectivity index (χ3v) is 3.58. The van der Waals surface area contributed by atoms with Gasteiger partial charge in [0.2, 0.25) is 0 Å². The molecule has 0 aliphatic rings. The van der Waals surface area contributed by atoms with Crippen LogP contribution < -0.4 is 10.1 Å². The maximum atomic E-state index is 8.49. The van der Waals surface area contributed by atoms with Gasteiger partial charge < -0.3 is 10.1 Å². The maximum Gasteiger partial charge on any atom is 0.174 e. The molecule has 0 amide bonds. The zero-order valence-corrected chi connectivity index (χ0v) is 12.8. The van der Waals surface area contributed by atoms with Gasteiger partial charge in [0.25, 0.3) is 0 Å². The first-order chi connectivity index (χ1) is 10.1. The summed E-state index contributed by atoms with van der Waals surface area (Å²) in [6.07, 6.45) is 0. The molecule has 1 unspecified atom stereocenters. The zero-order chi connectivity index (χ0) is 15.2. The van der Waals surface area contributed by atoms with E-state index in [1.165, 1.54) is 0 Å². The van der Waals surface area contributed by atoms with E-state index in [0.29, 0.717) is 5.75 Å². The van der Waals surface area contributed by atoms with E-state index < -0.39 is 0 Å². The number of anilines is 1. The van der Waals surface area contributed by atoms with Crippen LogP contribution in [0.3, 0.4) is 0 Å². The van der Waals surface area contributed by atoms with Gasteiger partial charge >= 0.3 is 0 Å². The monoisotopic (exact) mass is 300 g/mol. The lowest BCUT2D eigenvalue weighted by Gasteiger charge is -2.19. The lowest BCUT2D eigenvalue weighted by Crippen LogP contribution is -2.08. The van der Waals surface area contributed by atoms with Crippen LogP contribution in [0.15, 0.2) is 42.5 Å². The maximum absolute atomic E-state index is 8.49. The Morgan fingerprint density at radius 1 is 1.24 bits per heavy atom. The Morgan fingerprint density at radius 2 is 1.95 bits per heavy atom. The predicted octanol–water partition coefficient (Wildman–Crippen LogP) is 4.72. The molecule has 0 heterocycles. The molecule has 0 spiro atoms. The molecule has 21 heavy (non-hydrogen) atoms. The number of ether oxygens (including phenoxy) is 1. The minimum atomic E-state index is 0.0615. The molecule has 2 aromatic carbocycles. The lowest BCUT2D eigenvalue weighted by atomic mass is 10.1. The summed E-state index contributed by atoms with van der Waals surface area (Å²) in [6.45, 7) is 4.17. The molecule has 1 atom stereocenters. The van der Waals surface area contributed by atoms with Crippen LogP contribution in [-0.4, -0.2) is 6.61 Å². The fourth-order valence-electron chi connectivity index (χ4n) is 2.08. The summed E-state index contributed by atoms with van der Waals surface area (Å²) in [6, 6.07) is 15.6. The average Bonchev–Trinajstić information content (AvgIpc) is 2.49. The number of para-hydroxylation sites is 1. The largest absolute Gasteiger partial charge is 0.479 e. The molecule has 2 aromatic rings. The van der Waals surface area contributed by atoms with Gasteiger partial charge in [-0.05, 0) is 43.2 Å². The van der Waals surface area contributed by atoms with Gasteiger partial charge in [-0.15, -0.1) is 0 Å². The third-order valence-electron chi connectivity index (χ3n) is 3.27. The molecule has 0 radical (unpaired) electrons. The summed E-state index contributed by atoms with van der Waals surface area (Å²) < 4.78 is 5.24. The standard InChI is InChI=1S/C17H17ClN2O/c1-12-4-3-5-16(18)17(12)20-13(2)14-6-8-15(9-7-14)21-11-10-19/h3-9,13,20H,11H2,1-2H3. The van der Waals surface area contributed by atoms with Crippen LogP contribution in [0.2, 0.25) is 5.02 Å². The summed E-state index contributed by atoms with van der Waals surface area (Å²) in [7, 11) is 0. The van der Waals surface area contributed by atoms with Gasteiger partial charge in [0.05, 0.1) is 10.7 Å². The Labute approximate surface area is 130 Å². The van der Waals surface area contributed by atoms with Crippen LogP contribution in [0.25, 0.3) is 0 Å². The molecule has 0 bridgehead atoms. The minimum absolute atomic E-state index is 0.0615. The predicted molar refractivity (Wildman–Crippen MR) is 85.8 cm³/mol. The number of benzene rings is 2. The zero-order valence-electron chi connectivity index (χ0n) is 12.1. The summed E-state index contributed by atoms with van der Waals surface area (Å²) in [5, 5.41) is 12.6. The molecule has 0 fully saturated rings. The van der Waals surface area contributed by atoms with E-state index >= 15 is 0 Å². The summed E-state index contributed by atoms with van der Waals surface area (Å²) in [4.78, 5) is 0. The van der Waals surface area contributed by atoms with E-state index in [-0.39, 0.29) is 12.6 Å². The van der Waals surface area contributed by atoms with Gasteiger partial charge in [0, 0.05) is 6.04 Å². The minimum Gasteiger partial charge on any atom is -0.479 e. The van der Waals surface area contributed by atoms with Crippen molar-refractivity contribution in [3.8, 4) is 11.8 Å². The fraction of sp³-hybridized carbons (Fsp3) is 0.235. The van der Waals surface area contributed by atoms with Gasteiger partial charge in [-0.3, -0.25) is 0 Å². The molecule has 0 aromatic heterocycles. The van der Waals surface area contributed by atoms with Crippen molar-refractivity contribution < 1.29 is 4.74 Å². The van der Waals surface area contributed by atoms with Crippen LogP contribution in [0, 0.1) is 18.3 Å². The Hall–Kier alpha value is -2.18. The van der Waals surface area contributed by atoms with Crippen LogP contribution in [0.4, 0.5) is 5.69 Å². The Morgan fingerprint density at radius 3 is 2.57 bits per heavy atom. The number of hydrogen-bond donors (Lipinski definition) is 1. The van der Waals surface area contributed by atoms with E-state index in [0.717, 1.165) is 21.8 Å². The Bertz CT molecular complexity index is 627.